The molecule has 0 aliphatic carbocycles. The number of para-hydroxylation sites is 1. The Morgan fingerprint density at radius 1 is 1.38 bits per heavy atom. The van der Waals surface area contributed by atoms with Crippen molar-refractivity contribution < 1.29 is 4.79 Å². The molecule has 0 spiro atoms. The monoisotopic (exact) mass is 213 g/mol. The Labute approximate surface area is 96.3 Å². The number of hydrogen-bond donors (Lipinski definition) is 0. The van der Waals surface area contributed by atoms with Crippen molar-refractivity contribution in [2.75, 3.05) is 18.0 Å². The van der Waals surface area contributed by atoms with Crippen molar-refractivity contribution in [2.45, 2.75) is 19.8 Å². The molecule has 2 heteroatoms. The minimum atomic E-state index is 0.258. The van der Waals surface area contributed by atoms with Gasteiger partial charge in [-0.3, -0.25) is 4.79 Å². The van der Waals surface area contributed by atoms with Gasteiger partial charge in [0.1, 0.15) is 0 Å². The van der Waals surface area contributed by atoms with Crippen molar-refractivity contribution in [3.63, 3.8) is 0 Å². The van der Waals surface area contributed by atoms with Crippen LogP contribution in [-0.4, -0.2) is 18.9 Å². The Hall–Kier alpha value is -1.75. The van der Waals surface area contributed by atoms with Crippen molar-refractivity contribution in [3.8, 4) is 11.8 Å². The molecule has 0 aromatic heterocycles. The molecule has 0 atom stereocenters. The van der Waals surface area contributed by atoms with E-state index in [2.05, 4.69) is 16.7 Å². The van der Waals surface area contributed by atoms with Crippen LogP contribution in [0, 0.1) is 11.8 Å². The third-order valence-electron chi connectivity index (χ3n) is 2.84. The van der Waals surface area contributed by atoms with Crippen LogP contribution in [0.25, 0.3) is 0 Å². The second-order valence-electron chi connectivity index (χ2n) is 3.85. The largest absolute Gasteiger partial charge is 0.370 e. The molecule has 1 aromatic carbocycles. The van der Waals surface area contributed by atoms with E-state index in [1.165, 1.54) is 0 Å². The van der Waals surface area contributed by atoms with Crippen LogP contribution in [0.2, 0.25) is 0 Å². The summed E-state index contributed by atoms with van der Waals surface area (Å²) in [5.74, 6) is 6.22. The summed E-state index contributed by atoms with van der Waals surface area (Å²) in [4.78, 5) is 14.0. The van der Waals surface area contributed by atoms with E-state index >= 15 is 0 Å². The predicted octanol–water partition coefficient (Wildman–Crippen LogP) is 2.49. The summed E-state index contributed by atoms with van der Waals surface area (Å²) >= 11 is 0. The van der Waals surface area contributed by atoms with Gasteiger partial charge in [-0.25, -0.2) is 0 Å². The molecule has 1 heterocycles. The smallest absolute Gasteiger partial charge is 0.166 e. The SMILES string of the molecule is CC#CCCN1CCC(=O)c2ccccc21. The van der Waals surface area contributed by atoms with Gasteiger partial charge in [0.15, 0.2) is 5.78 Å². The normalized spacial score (nSPS) is 14.1. The van der Waals surface area contributed by atoms with Gasteiger partial charge in [-0.05, 0) is 19.1 Å². The molecular formula is C14H15NO. The van der Waals surface area contributed by atoms with Gasteiger partial charge < -0.3 is 4.90 Å². The zero-order valence-electron chi connectivity index (χ0n) is 9.49. The number of benzene rings is 1. The third kappa shape index (κ3) is 2.09. The van der Waals surface area contributed by atoms with E-state index in [1.54, 1.807) is 0 Å². The molecule has 0 N–H and O–H groups in total. The first kappa shape index (κ1) is 10.8. The Balaban J connectivity index is 2.20. The number of hydrogen-bond acceptors (Lipinski definition) is 2. The minimum absolute atomic E-state index is 0.258. The molecule has 2 rings (SSSR count). The van der Waals surface area contributed by atoms with Gasteiger partial charge in [0, 0.05) is 37.2 Å². The number of nitrogens with zero attached hydrogens (tertiary/aromatic N) is 1. The first-order chi connectivity index (χ1) is 7.83. The Kier molecular flexibility index (Phi) is 3.26. The van der Waals surface area contributed by atoms with Crippen LogP contribution >= 0.6 is 0 Å². The molecule has 1 aliphatic rings. The van der Waals surface area contributed by atoms with E-state index in [4.69, 9.17) is 0 Å². The second-order valence-corrected chi connectivity index (χ2v) is 3.85. The molecule has 0 bridgehead atoms. The summed E-state index contributed by atoms with van der Waals surface area (Å²) in [7, 11) is 0. The minimum Gasteiger partial charge on any atom is -0.370 e. The van der Waals surface area contributed by atoms with E-state index in [0.717, 1.165) is 30.8 Å². The fraction of sp³-hybridized carbons (Fsp3) is 0.357. The Morgan fingerprint density at radius 2 is 2.19 bits per heavy atom. The van der Waals surface area contributed by atoms with Gasteiger partial charge in [-0.2, -0.15) is 0 Å². The maximum absolute atomic E-state index is 11.7. The topological polar surface area (TPSA) is 20.3 Å². The fourth-order valence-corrected chi connectivity index (χ4v) is 2.02. The van der Waals surface area contributed by atoms with Crippen molar-refractivity contribution in [1.29, 1.82) is 0 Å². The zero-order valence-corrected chi connectivity index (χ0v) is 9.49. The van der Waals surface area contributed by atoms with E-state index in [-0.39, 0.29) is 5.78 Å². The first-order valence-corrected chi connectivity index (χ1v) is 5.59. The summed E-state index contributed by atoms with van der Waals surface area (Å²) in [6, 6.07) is 7.84. The van der Waals surface area contributed by atoms with Gasteiger partial charge >= 0.3 is 0 Å². The summed E-state index contributed by atoms with van der Waals surface area (Å²) < 4.78 is 0. The zero-order chi connectivity index (χ0) is 11.4. The number of carbonyl (C=O) groups is 1. The van der Waals surface area contributed by atoms with Crippen LogP contribution in [0.5, 0.6) is 0 Å². The highest BCUT2D eigenvalue weighted by atomic mass is 16.1. The maximum Gasteiger partial charge on any atom is 0.166 e. The molecule has 82 valence electrons. The van der Waals surface area contributed by atoms with Gasteiger partial charge in [-0.15, -0.1) is 11.8 Å². The van der Waals surface area contributed by atoms with Crippen molar-refractivity contribution >= 4 is 11.5 Å². The second kappa shape index (κ2) is 4.85. The van der Waals surface area contributed by atoms with Gasteiger partial charge in [0.05, 0.1) is 0 Å². The lowest BCUT2D eigenvalue weighted by atomic mass is 10.0. The maximum atomic E-state index is 11.7. The summed E-state index contributed by atoms with van der Waals surface area (Å²) in [6.07, 6.45) is 1.48. The summed E-state index contributed by atoms with van der Waals surface area (Å²) in [5.41, 5.74) is 1.93. The number of Topliss-reactive ketones (excluding diaryl/α,β-unsaturated/α-hetero) is 1. The van der Waals surface area contributed by atoms with Gasteiger partial charge in [0.25, 0.3) is 0 Å². The molecule has 1 aromatic rings. The number of rotatable bonds is 2. The number of carbonyl (C=O) groups excluding carboxylic acids is 1. The van der Waals surface area contributed by atoms with Gasteiger partial charge in [0.2, 0.25) is 0 Å². The quantitative estimate of drug-likeness (QED) is 0.703. The van der Waals surface area contributed by atoms with Crippen LogP contribution in [0.15, 0.2) is 24.3 Å². The van der Waals surface area contributed by atoms with Crippen molar-refractivity contribution in [2.24, 2.45) is 0 Å². The molecule has 0 radical (unpaired) electrons. The molecule has 16 heavy (non-hydrogen) atoms. The van der Waals surface area contributed by atoms with E-state index < -0.39 is 0 Å². The molecule has 0 saturated carbocycles. The van der Waals surface area contributed by atoms with Crippen LogP contribution in [0.1, 0.15) is 30.1 Å². The molecule has 2 nitrogen and oxygen atoms in total. The van der Waals surface area contributed by atoms with Gasteiger partial charge in [-0.1, -0.05) is 12.1 Å². The molecular weight excluding hydrogens is 198 g/mol. The number of ketones is 1. The average Bonchev–Trinajstić information content (AvgIpc) is 2.33. The molecule has 0 amide bonds. The summed E-state index contributed by atoms with van der Waals surface area (Å²) in [5, 5.41) is 0. The highest BCUT2D eigenvalue weighted by Gasteiger charge is 2.21. The fourth-order valence-electron chi connectivity index (χ4n) is 2.02. The van der Waals surface area contributed by atoms with Crippen molar-refractivity contribution in [3.05, 3.63) is 29.8 Å². The molecule has 0 saturated heterocycles. The standard InChI is InChI=1S/C14H15NO/c1-2-3-6-10-15-11-9-14(16)12-7-4-5-8-13(12)15/h4-5,7-8H,6,9-11H2,1H3. The Morgan fingerprint density at radius 3 is 3.00 bits per heavy atom. The van der Waals surface area contributed by atoms with E-state index in [9.17, 15) is 4.79 Å². The number of anilines is 1. The lowest BCUT2D eigenvalue weighted by Crippen LogP contribution is -2.32. The van der Waals surface area contributed by atoms with Crippen LogP contribution in [0.4, 0.5) is 5.69 Å². The van der Waals surface area contributed by atoms with Crippen LogP contribution in [0.3, 0.4) is 0 Å². The van der Waals surface area contributed by atoms with E-state index in [0.29, 0.717) is 6.42 Å². The van der Waals surface area contributed by atoms with Crippen molar-refractivity contribution in [1.82, 2.24) is 0 Å². The summed E-state index contributed by atoms with van der Waals surface area (Å²) in [6.45, 7) is 3.58. The first-order valence-electron chi connectivity index (χ1n) is 5.59. The lowest BCUT2D eigenvalue weighted by Gasteiger charge is -2.29. The van der Waals surface area contributed by atoms with E-state index in [1.807, 2.05) is 31.2 Å². The molecule has 1 aliphatic heterocycles. The molecule has 0 unspecified atom stereocenters. The number of fused-ring (bicyclic) bond motifs is 1. The lowest BCUT2D eigenvalue weighted by molar-refractivity contribution is 0.0980. The molecule has 0 fully saturated rings. The van der Waals surface area contributed by atoms with Crippen LogP contribution in [-0.2, 0) is 0 Å². The highest BCUT2D eigenvalue weighted by molar-refractivity contribution is 6.03. The Bertz CT molecular complexity index is 453. The average molecular weight is 213 g/mol. The third-order valence-corrected chi connectivity index (χ3v) is 2.84. The highest BCUT2D eigenvalue weighted by Crippen LogP contribution is 2.26. The van der Waals surface area contributed by atoms with Crippen LogP contribution < -0.4 is 4.90 Å². The predicted molar refractivity (Wildman–Crippen MR) is 65.7 cm³/mol.